The fourth-order valence-corrected chi connectivity index (χ4v) is 2.04. The molecule has 2 N–H and O–H groups in total. The van der Waals surface area contributed by atoms with Gasteiger partial charge in [-0.3, -0.25) is 4.68 Å². The summed E-state index contributed by atoms with van der Waals surface area (Å²) in [7, 11) is 0. The molecule has 1 atom stereocenters. The molecule has 5 heteroatoms. The molecule has 0 aromatic carbocycles. The molecule has 0 saturated heterocycles. The predicted molar refractivity (Wildman–Crippen MR) is 75.0 cm³/mol. The second-order valence-corrected chi connectivity index (χ2v) is 5.48. The van der Waals surface area contributed by atoms with Gasteiger partial charge in [0.1, 0.15) is 0 Å². The standard InChI is InChI=1S/C13H24ClN3O/c1-4-7-15-13(3,10-18)6-5-8-17-9-12(14)11(2)16-17/h9,15,18H,4-8,10H2,1-3H3. The Bertz CT molecular complexity index is 348. The van der Waals surface area contributed by atoms with E-state index in [2.05, 4.69) is 24.3 Å². The number of halogens is 1. The highest BCUT2D eigenvalue weighted by atomic mass is 35.5. The van der Waals surface area contributed by atoms with Gasteiger partial charge in [-0.15, -0.1) is 0 Å². The Balaban J connectivity index is 2.39. The SMILES string of the molecule is CCCNC(C)(CO)CCCn1cc(Cl)c(C)n1. The van der Waals surface area contributed by atoms with E-state index in [0.717, 1.165) is 38.0 Å². The summed E-state index contributed by atoms with van der Waals surface area (Å²) >= 11 is 5.96. The average molecular weight is 274 g/mol. The highest BCUT2D eigenvalue weighted by Crippen LogP contribution is 2.15. The topological polar surface area (TPSA) is 50.1 Å². The lowest BCUT2D eigenvalue weighted by Crippen LogP contribution is -2.46. The minimum atomic E-state index is -0.192. The van der Waals surface area contributed by atoms with E-state index in [1.165, 1.54) is 0 Å². The van der Waals surface area contributed by atoms with Gasteiger partial charge in [-0.05, 0) is 39.7 Å². The molecular weight excluding hydrogens is 250 g/mol. The van der Waals surface area contributed by atoms with Crippen LogP contribution in [0.1, 0.15) is 38.8 Å². The fourth-order valence-electron chi connectivity index (χ4n) is 1.89. The molecule has 4 nitrogen and oxygen atoms in total. The lowest BCUT2D eigenvalue weighted by Gasteiger charge is -2.28. The van der Waals surface area contributed by atoms with E-state index in [1.54, 1.807) is 0 Å². The maximum absolute atomic E-state index is 9.45. The van der Waals surface area contributed by atoms with E-state index in [9.17, 15) is 5.11 Å². The normalized spacial score (nSPS) is 14.7. The van der Waals surface area contributed by atoms with E-state index in [0.29, 0.717) is 5.02 Å². The van der Waals surface area contributed by atoms with E-state index in [-0.39, 0.29) is 12.1 Å². The zero-order valence-corrected chi connectivity index (χ0v) is 12.3. The number of aliphatic hydroxyl groups excluding tert-OH is 1. The van der Waals surface area contributed by atoms with Crippen LogP contribution in [0.15, 0.2) is 6.20 Å². The molecule has 0 aliphatic carbocycles. The molecule has 1 aromatic rings. The summed E-state index contributed by atoms with van der Waals surface area (Å²) in [6, 6.07) is 0. The molecule has 0 saturated carbocycles. The second kappa shape index (κ2) is 7.12. The minimum absolute atomic E-state index is 0.159. The van der Waals surface area contributed by atoms with Gasteiger partial charge >= 0.3 is 0 Å². The first-order valence-corrected chi connectivity index (χ1v) is 6.94. The van der Waals surface area contributed by atoms with Gasteiger partial charge in [0.25, 0.3) is 0 Å². The van der Waals surface area contributed by atoms with E-state index in [4.69, 9.17) is 11.6 Å². The van der Waals surface area contributed by atoms with E-state index < -0.39 is 0 Å². The predicted octanol–water partition coefficient (Wildman–Crippen LogP) is 2.38. The molecule has 0 aliphatic heterocycles. The molecule has 1 heterocycles. The first-order chi connectivity index (χ1) is 8.50. The van der Waals surface area contributed by atoms with Crippen LogP contribution in [-0.4, -0.2) is 33.6 Å². The van der Waals surface area contributed by atoms with Crippen LogP contribution in [0.2, 0.25) is 5.02 Å². The van der Waals surface area contributed by atoms with Crippen molar-refractivity contribution in [1.29, 1.82) is 0 Å². The van der Waals surface area contributed by atoms with E-state index >= 15 is 0 Å². The summed E-state index contributed by atoms with van der Waals surface area (Å²) in [6.07, 6.45) is 4.81. The quantitative estimate of drug-likeness (QED) is 0.765. The van der Waals surface area contributed by atoms with Gasteiger partial charge < -0.3 is 10.4 Å². The van der Waals surface area contributed by atoms with Crippen molar-refractivity contribution in [2.24, 2.45) is 0 Å². The van der Waals surface area contributed by atoms with Crippen molar-refractivity contribution < 1.29 is 5.11 Å². The van der Waals surface area contributed by atoms with Crippen molar-refractivity contribution in [1.82, 2.24) is 15.1 Å². The summed E-state index contributed by atoms with van der Waals surface area (Å²) in [4.78, 5) is 0. The zero-order chi connectivity index (χ0) is 13.6. The van der Waals surface area contributed by atoms with Gasteiger partial charge in [0.2, 0.25) is 0 Å². The number of nitrogens with zero attached hydrogens (tertiary/aromatic N) is 2. The van der Waals surface area contributed by atoms with Crippen LogP contribution in [0.5, 0.6) is 0 Å². The average Bonchev–Trinajstić information content (AvgIpc) is 2.66. The zero-order valence-electron chi connectivity index (χ0n) is 11.5. The molecular formula is C13H24ClN3O. The lowest BCUT2D eigenvalue weighted by molar-refractivity contribution is 0.162. The fraction of sp³-hybridized carbons (Fsp3) is 0.769. The summed E-state index contributed by atoms with van der Waals surface area (Å²) in [5.74, 6) is 0. The van der Waals surface area contributed by atoms with Crippen molar-refractivity contribution in [3.05, 3.63) is 16.9 Å². The van der Waals surface area contributed by atoms with Crippen molar-refractivity contribution in [3.8, 4) is 0 Å². The minimum Gasteiger partial charge on any atom is -0.394 e. The molecule has 0 bridgehead atoms. The number of aryl methyl sites for hydroxylation is 2. The summed E-state index contributed by atoms with van der Waals surface area (Å²) < 4.78 is 1.87. The van der Waals surface area contributed by atoms with Crippen LogP contribution in [0.25, 0.3) is 0 Å². The third kappa shape index (κ3) is 4.59. The first kappa shape index (κ1) is 15.5. The molecule has 0 radical (unpaired) electrons. The van der Waals surface area contributed by atoms with Gasteiger partial charge in [0.15, 0.2) is 0 Å². The number of hydrogen-bond acceptors (Lipinski definition) is 3. The largest absolute Gasteiger partial charge is 0.394 e. The number of aromatic nitrogens is 2. The molecule has 18 heavy (non-hydrogen) atoms. The molecule has 0 fully saturated rings. The first-order valence-electron chi connectivity index (χ1n) is 6.56. The Labute approximate surface area is 114 Å². The maximum Gasteiger partial charge on any atom is 0.0814 e. The number of hydrogen-bond donors (Lipinski definition) is 2. The molecule has 0 aliphatic rings. The molecule has 0 spiro atoms. The Kier molecular flexibility index (Phi) is 6.12. The summed E-state index contributed by atoms with van der Waals surface area (Å²) in [6.45, 7) is 8.01. The van der Waals surface area contributed by atoms with Gasteiger partial charge in [0.05, 0.1) is 17.3 Å². The maximum atomic E-state index is 9.45. The van der Waals surface area contributed by atoms with E-state index in [1.807, 2.05) is 17.8 Å². The van der Waals surface area contributed by atoms with Crippen molar-refractivity contribution in [2.45, 2.75) is 52.1 Å². The molecule has 0 amide bonds. The number of rotatable bonds is 8. The summed E-state index contributed by atoms with van der Waals surface area (Å²) in [5.41, 5.74) is 0.674. The van der Waals surface area contributed by atoms with Crippen LogP contribution >= 0.6 is 11.6 Å². The molecule has 104 valence electrons. The van der Waals surface area contributed by atoms with Gasteiger partial charge in [-0.25, -0.2) is 0 Å². The van der Waals surface area contributed by atoms with Crippen LogP contribution in [0.4, 0.5) is 0 Å². The Hall–Kier alpha value is -0.580. The highest BCUT2D eigenvalue weighted by molar-refractivity contribution is 6.31. The van der Waals surface area contributed by atoms with Crippen molar-refractivity contribution in [3.63, 3.8) is 0 Å². The Morgan fingerprint density at radius 2 is 2.28 bits per heavy atom. The monoisotopic (exact) mass is 273 g/mol. The van der Waals surface area contributed by atoms with Gasteiger partial charge in [0, 0.05) is 18.3 Å². The van der Waals surface area contributed by atoms with Crippen LogP contribution < -0.4 is 5.32 Å². The summed E-state index contributed by atoms with van der Waals surface area (Å²) in [5, 5.41) is 17.9. The van der Waals surface area contributed by atoms with Crippen LogP contribution in [-0.2, 0) is 6.54 Å². The molecule has 1 aromatic heterocycles. The third-order valence-corrected chi connectivity index (χ3v) is 3.52. The smallest absolute Gasteiger partial charge is 0.0814 e. The van der Waals surface area contributed by atoms with Crippen molar-refractivity contribution in [2.75, 3.05) is 13.2 Å². The lowest BCUT2D eigenvalue weighted by atomic mass is 9.96. The number of aliphatic hydroxyl groups is 1. The molecule has 1 rings (SSSR count). The van der Waals surface area contributed by atoms with Gasteiger partial charge in [-0.1, -0.05) is 18.5 Å². The van der Waals surface area contributed by atoms with Crippen LogP contribution in [0.3, 0.4) is 0 Å². The number of nitrogens with one attached hydrogen (secondary N) is 1. The van der Waals surface area contributed by atoms with Crippen LogP contribution in [0, 0.1) is 6.92 Å². The van der Waals surface area contributed by atoms with Gasteiger partial charge in [-0.2, -0.15) is 5.10 Å². The Morgan fingerprint density at radius 3 is 2.78 bits per heavy atom. The highest BCUT2D eigenvalue weighted by Gasteiger charge is 2.21. The van der Waals surface area contributed by atoms with Crippen molar-refractivity contribution >= 4 is 11.6 Å². The second-order valence-electron chi connectivity index (χ2n) is 5.07. The third-order valence-electron chi connectivity index (χ3n) is 3.15. The Morgan fingerprint density at radius 1 is 1.56 bits per heavy atom. The molecule has 1 unspecified atom stereocenters.